The Morgan fingerprint density at radius 3 is 2.30 bits per heavy atom. The van der Waals surface area contributed by atoms with E-state index in [0.29, 0.717) is 33.7 Å². The van der Waals surface area contributed by atoms with Gasteiger partial charge in [-0.1, -0.05) is 60.7 Å². The third kappa shape index (κ3) is 5.04. The molecule has 37 heavy (non-hydrogen) atoms. The zero-order valence-corrected chi connectivity index (χ0v) is 19.7. The molecule has 1 heterocycles. The zero-order valence-electron chi connectivity index (χ0n) is 19.7. The summed E-state index contributed by atoms with van der Waals surface area (Å²) in [6.07, 6.45) is -4.54. The summed E-state index contributed by atoms with van der Waals surface area (Å²) in [4.78, 5) is 11.9. The topological polar surface area (TPSA) is 53.4 Å². The lowest BCUT2D eigenvalue weighted by Crippen LogP contribution is -2.06. The minimum atomic E-state index is -4.54. The first kappa shape index (κ1) is 24.1. The summed E-state index contributed by atoms with van der Waals surface area (Å²) in [5, 5.41) is 4.79. The van der Waals surface area contributed by atoms with Gasteiger partial charge in [0.15, 0.2) is 0 Å². The molecule has 0 aliphatic carbocycles. The number of esters is 1. The van der Waals surface area contributed by atoms with Gasteiger partial charge in [0.05, 0.1) is 30.5 Å². The summed E-state index contributed by atoms with van der Waals surface area (Å²) in [6, 6.07) is 27.1. The van der Waals surface area contributed by atoms with Crippen molar-refractivity contribution in [3.05, 3.63) is 114 Å². The smallest absolute Gasteiger partial charge is 0.418 e. The van der Waals surface area contributed by atoms with Crippen molar-refractivity contribution in [2.75, 3.05) is 7.11 Å². The van der Waals surface area contributed by atoms with Gasteiger partial charge in [-0.15, -0.1) is 0 Å². The SMILES string of the molecule is COC(=O)c1cccc(Oc2cccc(-c3c4cccc(C(F)(F)F)c4nn3Cc3ccccc3)c2)c1. The van der Waals surface area contributed by atoms with Gasteiger partial charge in [-0.3, -0.25) is 4.68 Å². The first-order valence-corrected chi connectivity index (χ1v) is 11.4. The number of nitrogens with zero attached hydrogens (tertiary/aromatic N) is 2. The van der Waals surface area contributed by atoms with Crippen molar-refractivity contribution in [2.24, 2.45) is 0 Å². The van der Waals surface area contributed by atoms with Gasteiger partial charge in [0.2, 0.25) is 0 Å². The maximum atomic E-state index is 13.8. The van der Waals surface area contributed by atoms with Crippen LogP contribution in [-0.2, 0) is 17.5 Å². The Hall–Kier alpha value is -4.59. The van der Waals surface area contributed by atoms with Crippen LogP contribution in [-0.4, -0.2) is 22.9 Å². The molecule has 0 unspecified atom stereocenters. The highest BCUT2D eigenvalue weighted by molar-refractivity contribution is 5.95. The van der Waals surface area contributed by atoms with Crippen molar-refractivity contribution in [2.45, 2.75) is 12.7 Å². The maximum Gasteiger partial charge on any atom is 0.418 e. The second-order valence-corrected chi connectivity index (χ2v) is 8.34. The van der Waals surface area contributed by atoms with Crippen LogP contribution in [0.4, 0.5) is 13.2 Å². The van der Waals surface area contributed by atoms with Crippen LogP contribution < -0.4 is 4.74 Å². The van der Waals surface area contributed by atoms with Gasteiger partial charge >= 0.3 is 12.1 Å². The first-order chi connectivity index (χ1) is 17.8. The Bertz CT molecular complexity index is 1580. The number of benzene rings is 4. The number of halogens is 3. The molecule has 0 fully saturated rings. The molecule has 4 aromatic carbocycles. The Morgan fingerprint density at radius 1 is 0.865 bits per heavy atom. The Kier molecular flexibility index (Phi) is 6.40. The summed E-state index contributed by atoms with van der Waals surface area (Å²) in [5.41, 5.74) is 1.51. The summed E-state index contributed by atoms with van der Waals surface area (Å²) >= 11 is 0. The summed E-state index contributed by atoms with van der Waals surface area (Å²) in [5.74, 6) is 0.380. The van der Waals surface area contributed by atoms with E-state index in [2.05, 4.69) is 5.10 Å². The van der Waals surface area contributed by atoms with Gasteiger partial charge in [0, 0.05) is 10.9 Å². The number of aromatic nitrogens is 2. The van der Waals surface area contributed by atoms with Crippen molar-refractivity contribution >= 4 is 16.9 Å². The predicted octanol–water partition coefficient (Wildman–Crippen LogP) is 7.35. The van der Waals surface area contributed by atoms with E-state index in [4.69, 9.17) is 9.47 Å². The zero-order chi connectivity index (χ0) is 26.0. The van der Waals surface area contributed by atoms with Crippen LogP contribution in [0.25, 0.3) is 22.2 Å². The number of hydrogen-bond donors (Lipinski definition) is 0. The fraction of sp³-hybridized carbons (Fsp3) is 0.103. The Morgan fingerprint density at radius 2 is 1.57 bits per heavy atom. The maximum absolute atomic E-state index is 13.8. The van der Waals surface area contributed by atoms with Crippen molar-refractivity contribution in [3.8, 4) is 22.8 Å². The lowest BCUT2D eigenvalue weighted by molar-refractivity contribution is -0.136. The molecule has 0 saturated carbocycles. The molecule has 5 rings (SSSR count). The highest BCUT2D eigenvalue weighted by Gasteiger charge is 2.34. The van der Waals surface area contributed by atoms with Crippen LogP contribution in [0, 0.1) is 0 Å². The first-order valence-electron chi connectivity index (χ1n) is 11.4. The standard InChI is InChI=1S/C29H21F3N2O3/c1-36-28(35)21-11-6-13-23(17-21)37-22-12-5-10-20(16-22)27-24-14-7-15-25(29(30,31)32)26(24)33-34(27)18-19-8-3-2-4-9-19/h2-17H,18H2,1H3. The van der Waals surface area contributed by atoms with Crippen molar-refractivity contribution in [1.82, 2.24) is 9.78 Å². The minimum Gasteiger partial charge on any atom is -0.465 e. The van der Waals surface area contributed by atoms with Gasteiger partial charge in [-0.05, 0) is 42.0 Å². The summed E-state index contributed by atoms with van der Waals surface area (Å²) in [7, 11) is 1.30. The van der Waals surface area contributed by atoms with E-state index in [-0.39, 0.29) is 12.1 Å². The lowest BCUT2D eigenvalue weighted by Gasteiger charge is -2.11. The number of hydrogen-bond acceptors (Lipinski definition) is 4. The van der Waals surface area contributed by atoms with Crippen LogP contribution in [0.1, 0.15) is 21.5 Å². The number of rotatable bonds is 6. The Balaban J connectivity index is 1.60. The largest absolute Gasteiger partial charge is 0.465 e. The number of carbonyl (C=O) groups is 1. The van der Waals surface area contributed by atoms with E-state index in [1.165, 1.54) is 13.2 Å². The molecule has 0 atom stereocenters. The number of methoxy groups -OCH3 is 1. The number of fused-ring (bicyclic) bond motifs is 1. The highest BCUT2D eigenvalue weighted by atomic mass is 19.4. The van der Waals surface area contributed by atoms with Crippen molar-refractivity contribution in [1.29, 1.82) is 0 Å². The van der Waals surface area contributed by atoms with Crippen LogP contribution in [0.3, 0.4) is 0 Å². The quantitative estimate of drug-likeness (QED) is 0.228. The predicted molar refractivity (Wildman–Crippen MR) is 134 cm³/mol. The van der Waals surface area contributed by atoms with Crippen LogP contribution in [0.15, 0.2) is 97.1 Å². The molecule has 0 bridgehead atoms. The fourth-order valence-electron chi connectivity index (χ4n) is 4.20. The van der Waals surface area contributed by atoms with Gasteiger partial charge in [0.25, 0.3) is 0 Å². The molecule has 8 heteroatoms. The number of alkyl halides is 3. The molecule has 0 N–H and O–H groups in total. The summed E-state index contributed by atoms with van der Waals surface area (Å²) in [6.45, 7) is 0.286. The van der Waals surface area contributed by atoms with E-state index in [1.807, 2.05) is 30.3 Å². The molecule has 5 nitrogen and oxygen atoms in total. The van der Waals surface area contributed by atoms with Gasteiger partial charge in [-0.25, -0.2) is 4.79 Å². The lowest BCUT2D eigenvalue weighted by atomic mass is 10.0. The molecule has 0 spiro atoms. The highest BCUT2D eigenvalue weighted by Crippen LogP contribution is 2.39. The molecule has 1 aromatic heterocycles. The van der Waals surface area contributed by atoms with Gasteiger partial charge in [-0.2, -0.15) is 18.3 Å². The average Bonchev–Trinajstić information content (AvgIpc) is 3.26. The third-order valence-corrected chi connectivity index (χ3v) is 5.85. The van der Waals surface area contributed by atoms with Crippen LogP contribution in [0.5, 0.6) is 11.5 Å². The molecule has 0 amide bonds. The van der Waals surface area contributed by atoms with Crippen molar-refractivity contribution in [3.63, 3.8) is 0 Å². The minimum absolute atomic E-state index is 0.113. The monoisotopic (exact) mass is 502 g/mol. The Labute approximate surface area is 210 Å². The molecule has 0 aliphatic heterocycles. The van der Waals surface area contributed by atoms with E-state index >= 15 is 0 Å². The fourth-order valence-corrected chi connectivity index (χ4v) is 4.20. The third-order valence-electron chi connectivity index (χ3n) is 5.85. The van der Waals surface area contributed by atoms with Crippen LogP contribution >= 0.6 is 0 Å². The second kappa shape index (κ2) is 9.81. The summed E-state index contributed by atoms with van der Waals surface area (Å²) < 4.78 is 53.8. The average molecular weight is 502 g/mol. The molecule has 5 aromatic rings. The van der Waals surface area contributed by atoms with E-state index < -0.39 is 17.7 Å². The van der Waals surface area contributed by atoms with E-state index in [0.717, 1.165) is 11.6 Å². The van der Waals surface area contributed by atoms with Gasteiger partial charge < -0.3 is 9.47 Å². The van der Waals surface area contributed by atoms with Gasteiger partial charge in [0.1, 0.15) is 17.0 Å². The van der Waals surface area contributed by atoms with E-state index in [9.17, 15) is 18.0 Å². The molecule has 186 valence electrons. The second-order valence-electron chi connectivity index (χ2n) is 8.34. The number of ether oxygens (including phenoxy) is 2. The van der Waals surface area contributed by atoms with Crippen LogP contribution in [0.2, 0.25) is 0 Å². The molecule has 0 aliphatic rings. The normalized spacial score (nSPS) is 11.5. The van der Waals surface area contributed by atoms with Crippen molar-refractivity contribution < 1.29 is 27.4 Å². The number of carbonyl (C=O) groups excluding carboxylic acids is 1. The molecule has 0 saturated heterocycles. The molecular formula is C29H21F3N2O3. The molecule has 0 radical (unpaired) electrons. The van der Waals surface area contributed by atoms with E-state index in [1.54, 1.807) is 59.3 Å². The molecular weight excluding hydrogens is 481 g/mol.